The Bertz CT molecular complexity index is 955. The molecule has 1 aromatic heterocycles. The van der Waals surface area contributed by atoms with E-state index in [0.29, 0.717) is 24.4 Å². The number of aromatic nitrogens is 1. The summed E-state index contributed by atoms with van der Waals surface area (Å²) in [6.45, 7) is 1.13. The van der Waals surface area contributed by atoms with Gasteiger partial charge in [-0.05, 0) is 49.2 Å². The Morgan fingerprint density at radius 3 is 2.50 bits per heavy atom. The zero-order valence-corrected chi connectivity index (χ0v) is 15.3. The molecule has 0 atom stereocenters. The van der Waals surface area contributed by atoms with Crippen molar-refractivity contribution in [1.82, 2.24) is 9.88 Å². The zero-order chi connectivity index (χ0) is 19.5. The van der Waals surface area contributed by atoms with Gasteiger partial charge in [-0.15, -0.1) is 0 Å². The summed E-state index contributed by atoms with van der Waals surface area (Å²) < 4.78 is 11.1. The van der Waals surface area contributed by atoms with E-state index in [4.69, 9.17) is 14.9 Å². The van der Waals surface area contributed by atoms with Crippen LogP contribution in [0.4, 0.5) is 0 Å². The minimum absolute atomic E-state index is 0.0162. The summed E-state index contributed by atoms with van der Waals surface area (Å²) >= 11 is 0. The first-order valence-corrected chi connectivity index (χ1v) is 9.26. The van der Waals surface area contributed by atoms with Gasteiger partial charge in [0.25, 0.3) is 11.8 Å². The van der Waals surface area contributed by atoms with Gasteiger partial charge in [0.05, 0.1) is 0 Å². The molecule has 1 aliphatic heterocycles. The number of likely N-dealkylation sites (tertiary alicyclic amines) is 1. The average Bonchev–Trinajstić information content (AvgIpc) is 3.16. The number of benzene rings is 2. The van der Waals surface area contributed by atoms with Crippen LogP contribution in [0.25, 0.3) is 11.1 Å². The zero-order valence-electron chi connectivity index (χ0n) is 15.3. The molecule has 4 rings (SSSR count). The maximum absolute atomic E-state index is 12.7. The van der Waals surface area contributed by atoms with Gasteiger partial charge >= 0.3 is 0 Å². The molecule has 0 spiro atoms. The van der Waals surface area contributed by atoms with Crippen LogP contribution >= 0.6 is 0 Å². The SMILES string of the molecule is NC(=O)COc1ccc(C(=O)N2CCC(c3nc4ccccc4o3)CC2)cc1. The second kappa shape index (κ2) is 7.72. The van der Waals surface area contributed by atoms with Gasteiger partial charge in [0.1, 0.15) is 11.3 Å². The quantitative estimate of drug-likeness (QED) is 0.735. The summed E-state index contributed by atoms with van der Waals surface area (Å²) in [7, 11) is 0. The number of amides is 2. The van der Waals surface area contributed by atoms with E-state index in [1.54, 1.807) is 24.3 Å². The lowest BCUT2D eigenvalue weighted by Gasteiger charge is -2.30. The van der Waals surface area contributed by atoms with Crippen LogP contribution < -0.4 is 10.5 Å². The molecule has 0 radical (unpaired) electrons. The third-order valence-electron chi connectivity index (χ3n) is 4.92. The second-order valence-corrected chi connectivity index (χ2v) is 6.87. The molecule has 2 N–H and O–H groups in total. The van der Waals surface area contributed by atoms with E-state index in [2.05, 4.69) is 4.98 Å². The highest BCUT2D eigenvalue weighted by molar-refractivity contribution is 5.94. The minimum atomic E-state index is -0.540. The highest BCUT2D eigenvalue weighted by atomic mass is 16.5. The molecule has 0 saturated carbocycles. The van der Waals surface area contributed by atoms with Crippen LogP contribution in [-0.4, -0.2) is 41.4 Å². The number of para-hydroxylation sites is 2. The number of carbonyl (C=O) groups excluding carboxylic acids is 2. The van der Waals surface area contributed by atoms with Crippen molar-refractivity contribution in [3.8, 4) is 5.75 Å². The molecule has 7 nitrogen and oxygen atoms in total. The van der Waals surface area contributed by atoms with Crippen molar-refractivity contribution < 1.29 is 18.7 Å². The minimum Gasteiger partial charge on any atom is -0.484 e. The first-order chi connectivity index (χ1) is 13.6. The average molecular weight is 379 g/mol. The number of primary amides is 1. The van der Waals surface area contributed by atoms with Crippen LogP contribution in [0, 0.1) is 0 Å². The molecule has 144 valence electrons. The third-order valence-corrected chi connectivity index (χ3v) is 4.92. The molecule has 1 saturated heterocycles. The van der Waals surface area contributed by atoms with Crippen LogP contribution in [0.15, 0.2) is 52.9 Å². The number of hydrogen-bond acceptors (Lipinski definition) is 5. The van der Waals surface area contributed by atoms with Crippen LogP contribution in [0.1, 0.15) is 35.0 Å². The molecule has 0 aliphatic carbocycles. The van der Waals surface area contributed by atoms with E-state index in [-0.39, 0.29) is 18.4 Å². The van der Waals surface area contributed by atoms with Gasteiger partial charge in [-0.3, -0.25) is 9.59 Å². The van der Waals surface area contributed by atoms with E-state index in [1.165, 1.54) is 0 Å². The summed E-state index contributed by atoms with van der Waals surface area (Å²) in [5, 5.41) is 0. The van der Waals surface area contributed by atoms with Crippen molar-refractivity contribution >= 4 is 22.9 Å². The normalized spacial score (nSPS) is 14.9. The Morgan fingerprint density at radius 2 is 1.82 bits per heavy atom. The Hall–Kier alpha value is -3.35. The van der Waals surface area contributed by atoms with E-state index < -0.39 is 5.91 Å². The first kappa shape index (κ1) is 18.0. The Labute approximate surface area is 162 Å². The molecule has 3 aromatic rings. The van der Waals surface area contributed by atoms with Crippen molar-refractivity contribution in [3.05, 3.63) is 60.0 Å². The van der Waals surface area contributed by atoms with Crippen LogP contribution in [0.3, 0.4) is 0 Å². The van der Waals surface area contributed by atoms with E-state index in [9.17, 15) is 9.59 Å². The molecule has 1 fully saturated rings. The Morgan fingerprint density at radius 1 is 1.11 bits per heavy atom. The number of fused-ring (bicyclic) bond motifs is 1. The van der Waals surface area contributed by atoms with Gasteiger partial charge in [0.2, 0.25) is 0 Å². The summed E-state index contributed by atoms with van der Waals surface area (Å²) in [6.07, 6.45) is 1.64. The van der Waals surface area contributed by atoms with Gasteiger partial charge in [-0.2, -0.15) is 0 Å². The summed E-state index contributed by atoms with van der Waals surface area (Å²) in [6, 6.07) is 14.5. The molecule has 2 amide bonds. The molecule has 0 bridgehead atoms. The highest BCUT2D eigenvalue weighted by Gasteiger charge is 2.27. The molecule has 28 heavy (non-hydrogen) atoms. The van der Waals surface area contributed by atoms with Crippen molar-refractivity contribution in [2.24, 2.45) is 5.73 Å². The van der Waals surface area contributed by atoms with Gasteiger partial charge in [0, 0.05) is 24.6 Å². The van der Waals surface area contributed by atoms with Crippen molar-refractivity contribution in [2.75, 3.05) is 19.7 Å². The Kier molecular flexibility index (Phi) is 4.97. The molecule has 2 aromatic carbocycles. The number of ether oxygens (including phenoxy) is 1. The van der Waals surface area contributed by atoms with Gasteiger partial charge in [0.15, 0.2) is 18.1 Å². The number of piperidine rings is 1. The monoisotopic (exact) mass is 379 g/mol. The van der Waals surface area contributed by atoms with Crippen LogP contribution in [-0.2, 0) is 4.79 Å². The van der Waals surface area contributed by atoms with Crippen molar-refractivity contribution in [3.63, 3.8) is 0 Å². The van der Waals surface area contributed by atoms with E-state index in [1.807, 2.05) is 29.2 Å². The fourth-order valence-corrected chi connectivity index (χ4v) is 3.42. The topological polar surface area (TPSA) is 98.7 Å². The highest BCUT2D eigenvalue weighted by Crippen LogP contribution is 2.30. The fourth-order valence-electron chi connectivity index (χ4n) is 3.42. The second-order valence-electron chi connectivity index (χ2n) is 6.87. The molecule has 1 aliphatic rings. The maximum atomic E-state index is 12.7. The van der Waals surface area contributed by atoms with Crippen LogP contribution in [0.2, 0.25) is 0 Å². The Balaban J connectivity index is 1.36. The lowest BCUT2D eigenvalue weighted by Crippen LogP contribution is -2.37. The molecule has 7 heteroatoms. The molecule has 0 unspecified atom stereocenters. The number of nitrogens with zero attached hydrogens (tertiary/aromatic N) is 2. The summed E-state index contributed by atoms with van der Waals surface area (Å²) in [4.78, 5) is 29.9. The third kappa shape index (κ3) is 3.83. The number of oxazole rings is 1. The number of hydrogen-bond donors (Lipinski definition) is 1. The summed E-state index contributed by atoms with van der Waals surface area (Å²) in [5.74, 6) is 0.926. The predicted octanol–water partition coefficient (Wildman–Crippen LogP) is 2.71. The van der Waals surface area contributed by atoms with Crippen LogP contribution in [0.5, 0.6) is 5.75 Å². The lowest BCUT2D eigenvalue weighted by atomic mass is 9.96. The smallest absolute Gasteiger partial charge is 0.255 e. The number of nitrogens with two attached hydrogens (primary N) is 1. The maximum Gasteiger partial charge on any atom is 0.255 e. The lowest BCUT2D eigenvalue weighted by molar-refractivity contribution is -0.119. The predicted molar refractivity (Wildman–Crippen MR) is 103 cm³/mol. The van der Waals surface area contributed by atoms with Crippen molar-refractivity contribution in [2.45, 2.75) is 18.8 Å². The van der Waals surface area contributed by atoms with Crippen molar-refractivity contribution in [1.29, 1.82) is 0 Å². The largest absolute Gasteiger partial charge is 0.484 e. The number of rotatable bonds is 5. The molecular formula is C21H21N3O4. The van der Waals surface area contributed by atoms with Gasteiger partial charge in [-0.25, -0.2) is 4.98 Å². The number of carbonyl (C=O) groups is 2. The standard InChI is InChI=1S/C21H21N3O4/c22-19(25)13-27-16-7-5-15(6-8-16)21(26)24-11-9-14(10-12-24)20-23-17-3-1-2-4-18(17)28-20/h1-8,14H,9-13H2,(H2,22,25). The molecular weight excluding hydrogens is 358 g/mol. The first-order valence-electron chi connectivity index (χ1n) is 9.26. The summed E-state index contributed by atoms with van der Waals surface area (Å²) in [5.41, 5.74) is 7.32. The van der Waals surface area contributed by atoms with Gasteiger partial charge in [-0.1, -0.05) is 12.1 Å². The molecule has 2 heterocycles. The fraction of sp³-hybridized carbons (Fsp3) is 0.286. The van der Waals surface area contributed by atoms with Gasteiger partial charge < -0.3 is 19.8 Å². The van der Waals surface area contributed by atoms with E-state index in [0.717, 1.165) is 29.8 Å². The van der Waals surface area contributed by atoms with E-state index >= 15 is 0 Å².